The molecular weight excluding hydrogens is 437 g/mol. The van der Waals surface area contributed by atoms with Gasteiger partial charge in [-0.25, -0.2) is 13.4 Å². The van der Waals surface area contributed by atoms with Crippen LogP contribution in [-0.4, -0.2) is 55.8 Å². The van der Waals surface area contributed by atoms with Gasteiger partial charge >= 0.3 is 6.18 Å². The minimum Gasteiger partial charge on any atom is -0.480 e. The topological polar surface area (TPSA) is 89.7 Å². The van der Waals surface area contributed by atoms with Gasteiger partial charge in [0.25, 0.3) is 5.91 Å². The van der Waals surface area contributed by atoms with Crippen LogP contribution in [0.25, 0.3) is 0 Å². The number of alkyl halides is 3. The quantitative estimate of drug-likeness (QED) is 0.684. The number of oxazole rings is 1. The molecule has 1 amide bonds. The smallest absolute Gasteiger partial charge is 0.425 e. The van der Waals surface area contributed by atoms with Crippen LogP contribution in [-0.2, 0) is 15.3 Å². The summed E-state index contributed by atoms with van der Waals surface area (Å²) in [5.74, 6) is -0.217. The van der Waals surface area contributed by atoms with Crippen LogP contribution in [0.5, 0.6) is 5.75 Å². The minimum atomic E-state index is -4.64. The number of aryl methyl sites for hydroxylation is 1. The molecule has 4 rings (SSSR count). The number of hydrogen-bond acceptors (Lipinski definition) is 6. The van der Waals surface area contributed by atoms with Crippen LogP contribution in [0.1, 0.15) is 35.3 Å². The molecule has 1 aromatic carbocycles. The molecule has 31 heavy (non-hydrogen) atoms. The third-order valence-corrected chi connectivity index (χ3v) is 7.05. The van der Waals surface area contributed by atoms with Gasteiger partial charge in [-0.2, -0.15) is 13.2 Å². The first-order valence-corrected chi connectivity index (χ1v) is 11.5. The lowest BCUT2D eigenvalue weighted by Crippen LogP contribution is -2.35. The lowest BCUT2D eigenvalue weighted by atomic mass is 10.0. The Morgan fingerprint density at radius 3 is 2.68 bits per heavy atom. The van der Waals surface area contributed by atoms with Gasteiger partial charge in [0.05, 0.1) is 16.2 Å². The number of piperidine rings is 1. The largest absolute Gasteiger partial charge is 0.480 e. The van der Waals surface area contributed by atoms with Crippen molar-refractivity contribution in [1.29, 1.82) is 0 Å². The number of fused-ring (bicyclic) bond motifs is 1. The van der Waals surface area contributed by atoms with Crippen molar-refractivity contribution in [1.82, 2.24) is 9.88 Å². The third-order valence-electron chi connectivity index (χ3n) is 5.94. The molecule has 2 aromatic rings. The van der Waals surface area contributed by atoms with E-state index in [1.807, 2.05) is 0 Å². The van der Waals surface area contributed by atoms with Gasteiger partial charge in [-0.05, 0) is 37.5 Å². The van der Waals surface area contributed by atoms with Crippen LogP contribution in [0, 0.1) is 12.8 Å². The van der Waals surface area contributed by atoms with Crippen LogP contribution >= 0.6 is 0 Å². The summed E-state index contributed by atoms with van der Waals surface area (Å²) in [4.78, 5) is 19.0. The molecule has 0 bridgehead atoms. The number of sulfone groups is 1. The number of carbonyl (C=O) groups is 1. The molecule has 1 saturated carbocycles. The molecule has 1 unspecified atom stereocenters. The van der Waals surface area contributed by atoms with Crippen LogP contribution in [0.15, 0.2) is 33.8 Å². The summed E-state index contributed by atoms with van der Waals surface area (Å²) >= 11 is 0. The number of aromatic nitrogens is 1. The Balaban J connectivity index is 1.65. The highest BCUT2D eigenvalue weighted by Crippen LogP contribution is 2.58. The van der Waals surface area contributed by atoms with Crippen molar-refractivity contribution < 1.29 is 35.5 Å². The van der Waals surface area contributed by atoms with Gasteiger partial charge in [-0.15, -0.1) is 0 Å². The molecule has 1 aliphatic heterocycles. The Hall–Kier alpha value is -2.56. The van der Waals surface area contributed by atoms with E-state index in [1.165, 1.54) is 4.90 Å². The summed E-state index contributed by atoms with van der Waals surface area (Å²) in [5.41, 5.74) is 0.200. The highest BCUT2D eigenvalue weighted by Gasteiger charge is 2.63. The van der Waals surface area contributed by atoms with Crippen molar-refractivity contribution in [2.45, 2.75) is 42.9 Å². The van der Waals surface area contributed by atoms with Crippen molar-refractivity contribution >= 4 is 15.7 Å². The van der Waals surface area contributed by atoms with Crippen molar-refractivity contribution in [3.8, 4) is 5.75 Å². The van der Waals surface area contributed by atoms with E-state index in [1.54, 1.807) is 13.2 Å². The fourth-order valence-electron chi connectivity index (χ4n) is 4.06. The number of halogens is 3. The lowest BCUT2D eigenvalue weighted by Gasteiger charge is -2.24. The second-order valence-corrected chi connectivity index (χ2v) is 10.2. The number of ether oxygens (including phenoxy) is 1. The average molecular weight is 458 g/mol. The van der Waals surface area contributed by atoms with Crippen molar-refractivity contribution in [2.24, 2.45) is 5.92 Å². The molecule has 2 fully saturated rings. The van der Waals surface area contributed by atoms with E-state index in [2.05, 4.69) is 4.98 Å². The molecule has 7 nitrogen and oxygen atoms in total. The Morgan fingerprint density at radius 1 is 1.39 bits per heavy atom. The number of nitrogens with zero attached hydrogens (tertiary/aromatic N) is 2. The second-order valence-electron chi connectivity index (χ2n) is 8.23. The zero-order valence-corrected chi connectivity index (χ0v) is 17.9. The molecule has 2 heterocycles. The summed E-state index contributed by atoms with van der Waals surface area (Å²) in [5, 5.41) is 0. The van der Waals surface area contributed by atoms with Crippen molar-refractivity contribution in [3.63, 3.8) is 0 Å². The van der Waals surface area contributed by atoms with Gasteiger partial charge in [0.1, 0.15) is 12.0 Å². The minimum absolute atomic E-state index is 0.164. The average Bonchev–Trinajstić information content (AvgIpc) is 2.99. The number of benzene rings is 1. The first kappa shape index (κ1) is 21.7. The summed E-state index contributed by atoms with van der Waals surface area (Å²) in [6.07, 6.45) is -3.45. The van der Waals surface area contributed by atoms with Crippen LogP contribution < -0.4 is 4.74 Å². The first-order valence-electron chi connectivity index (χ1n) is 9.60. The predicted octanol–water partition coefficient (Wildman–Crippen LogP) is 3.13. The molecule has 2 aliphatic rings. The summed E-state index contributed by atoms with van der Waals surface area (Å²) in [6, 6.07) is 3.30. The lowest BCUT2D eigenvalue weighted by molar-refractivity contribution is -0.189. The summed E-state index contributed by atoms with van der Waals surface area (Å²) < 4.78 is 73.2. The van der Waals surface area contributed by atoms with Crippen molar-refractivity contribution in [3.05, 3.63) is 41.6 Å². The molecule has 1 saturated heterocycles. The van der Waals surface area contributed by atoms with Crippen LogP contribution in [0.3, 0.4) is 0 Å². The van der Waals surface area contributed by atoms with Crippen LogP contribution in [0.4, 0.5) is 13.2 Å². The highest BCUT2D eigenvalue weighted by atomic mass is 32.2. The second kappa shape index (κ2) is 6.98. The maximum atomic E-state index is 13.2. The number of rotatable bonds is 5. The van der Waals surface area contributed by atoms with Gasteiger partial charge < -0.3 is 14.1 Å². The molecule has 0 spiro atoms. The zero-order valence-electron chi connectivity index (χ0n) is 17.1. The number of likely N-dealkylation sites (tertiary alicyclic amines) is 1. The Bertz CT molecular complexity index is 1140. The van der Waals surface area contributed by atoms with E-state index in [4.69, 9.17) is 9.15 Å². The normalized spacial score (nSPS) is 24.1. The summed E-state index contributed by atoms with van der Waals surface area (Å²) in [7, 11) is -3.68. The van der Waals surface area contributed by atoms with Gasteiger partial charge in [-0.1, -0.05) is 0 Å². The highest BCUT2D eigenvalue weighted by molar-refractivity contribution is 7.90. The number of amides is 1. The molecule has 11 heteroatoms. The first-order chi connectivity index (χ1) is 14.3. The molecule has 1 aliphatic carbocycles. The molecule has 168 valence electrons. The molecule has 0 radical (unpaired) electrons. The number of hydrogen-bond donors (Lipinski definition) is 0. The van der Waals surface area contributed by atoms with E-state index in [9.17, 15) is 26.4 Å². The Morgan fingerprint density at radius 2 is 2.10 bits per heavy atom. The molecule has 1 aromatic heterocycles. The predicted molar refractivity (Wildman–Crippen MR) is 103 cm³/mol. The maximum absolute atomic E-state index is 13.2. The van der Waals surface area contributed by atoms with Gasteiger partial charge in [-0.3, -0.25) is 4.79 Å². The van der Waals surface area contributed by atoms with Gasteiger partial charge in [0.2, 0.25) is 0 Å². The van der Waals surface area contributed by atoms with E-state index in [0.29, 0.717) is 19.0 Å². The standard InChI is InChI=1S/C20H21F3N2O5S/c1-11(20(21,22)23)30-16-5-4-14(31(3,27)28)6-15(16)18(26)25-8-13-7-19(13,10-25)17-9-29-12(2)24-17/h4-6,9,11,13H,7-8,10H2,1-3H3/t11-,13?,19+/m1/s1. The fourth-order valence-corrected chi connectivity index (χ4v) is 4.71. The van der Waals surface area contributed by atoms with E-state index < -0.39 is 28.0 Å². The summed E-state index contributed by atoms with van der Waals surface area (Å²) in [6.45, 7) is 3.26. The Labute approximate surface area is 177 Å². The third kappa shape index (κ3) is 3.90. The van der Waals surface area contributed by atoms with Gasteiger partial charge in [0.15, 0.2) is 21.8 Å². The zero-order chi connectivity index (χ0) is 22.8. The van der Waals surface area contributed by atoms with E-state index in [0.717, 1.165) is 43.5 Å². The fraction of sp³-hybridized carbons (Fsp3) is 0.500. The molecular formula is C20H21F3N2O5S. The molecule has 3 atom stereocenters. The van der Waals surface area contributed by atoms with E-state index in [-0.39, 0.29) is 27.5 Å². The Kier molecular flexibility index (Phi) is 4.87. The van der Waals surface area contributed by atoms with Crippen molar-refractivity contribution in [2.75, 3.05) is 19.3 Å². The van der Waals surface area contributed by atoms with Gasteiger partial charge in [0, 0.05) is 31.7 Å². The SMILES string of the molecule is Cc1nc([C@]23CC2CN(C(=O)c2cc(S(C)(=O)=O)ccc2O[C@H](C)C(F)(F)F)C3)co1. The monoisotopic (exact) mass is 458 g/mol. The molecule has 0 N–H and O–H groups in total. The van der Waals surface area contributed by atoms with Crippen LogP contribution in [0.2, 0.25) is 0 Å². The van der Waals surface area contributed by atoms with E-state index >= 15 is 0 Å². The maximum Gasteiger partial charge on any atom is 0.425 e. The number of carbonyl (C=O) groups excluding carboxylic acids is 1.